The van der Waals surface area contributed by atoms with Crippen molar-refractivity contribution in [1.82, 2.24) is 29.1 Å². The summed E-state index contributed by atoms with van der Waals surface area (Å²) in [4.78, 5) is 3.89. The number of hydrogen-bond acceptors (Lipinski definition) is 6. The third-order valence-corrected chi connectivity index (χ3v) is 1.56. The third kappa shape index (κ3) is 1.51. The van der Waals surface area contributed by atoms with Crippen LogP contribution in [0.1, 0.15) is 11.6 Å². The van der Waals surface area contributed by atoms with Gasteiger partial charge < -0.3 is 0 Å². The maximum absolute atomic E-state index is 3.89. The van der Waals surface area contributed by atoms with Crippen molar-refractivity contribution in [1.29, 1.82) is 0 Å². The summed E-state index contributed by atoms with van der Waals surface area (Å²) in [5, 5.41) is 10.1. The maximum Gasteiger partial charge on any atom is 0.189 e. The van der Waals surface area contributed by atoms with Crippen LogP contribution in [0.5, 0.6) is 0 Å². The van der Waals surface area contributed by atoms with Gasteiger partial charge in [0.2, 0.25) is 0 Å². The molecule has 0 aliphatic carbocycles. The molecule has 2 heterocycles. The summed E-state index contributed by atoms with van der Waals surface area (Å²) in [5.74, 6) is 1.25. The van der Waals surface area contributed by atoms with Gasteiger partial charge in [-0.2, -0.15) is 9.47 Å². The van der Waals surface area contributed by atoms with Crippen molar-refractivity contribution < 1.29 is 0 Å². The topological polar surface area (TPSA) is 80.2 Å². The van der Waals surface area contributed by atoms with Gasteiger partial charge in [0.1, 0.15) is 12.2 Å². The minimum absolute atomic E-state index is 0.580. The molecule has 0 atom stereocenters. The lowest BCUT2D eigenvalue weighted by atomic mass is 10.4. The van der Waals surface area contributed by atoms with Gasteiger partial charge in [0.25, 0.3) is 0 Å². The van der Waals surface area contributed by atoms with E-state index in [2.05, 4.69) is 29.1 Å². The summed E-state index contributed by atoms with van der Waals surface area (Å²) in [6.07, 6.45) is 4.88. The Kier molecular flexibility index (Phi) is 1.87. The first-order chi connectivity index (χ1) is 5.95. The lowest BCUT2D eigenvalue weighted by Gasteiger charge is -1.78. The van der Waals surface area contributed by atoms with Gasteiger partial charge in [-0.1, -0.05) is 4.49 Å². The Labute approximate surface area is 71.7 Å². The predicted octanol–water partition coefficient (Wildman–Crippen LogP) is 0.222. The summed E-state index contributed by atoms with van der Waals surface area (Å²) in [6.45, 7) is 0. The molecule has 2 aromatic rings. The zero-order valence-electron chi connectivity index (χ0n) is 5.88. The van der Waals surface area contributed by atoms with E-state index in [0.29, 0.717) is 11.6 Å². The van der Waals surface area contributed by atoms with Gasteiger partial charge in [0.05, 0.1) is 11.7 Å². The van der Waals surface area contributed by atoms with Crippen molar-refractivity contribution in [3.05, 3.63) is 18.0 Å². The minimum atomic E-state index is 0.580. The van der Waals surface area contributed by atoms with Crippen molar-refractivity contribution in [3.8, 4) is 0 Å². The highest BCUT2D eigenvalue weighted by molar-refractivity contribution is 6.98. The molecule has 60 valence electrons. The van der Waals surface area contributed by atoms with E-state index in [9.17, 15) is 0 Å². The fraction of sp³-hybridized carbons (Fsp3) is 0. The van der Waals surface area contributed by atoms with Gasteiger partial charge in [0.15, 0.2) is 5.82 Å². The Balaban J connectivity index is 2.14. The highest BCUT2D eigenvalue weighted by Crippen LogP contribution is 1.97. The average molecular weight is 180 g/mol. The summed E-state index contributed by atoms with van der Waals surface area (Å²) in [7, 11) is 0. The molecule has 2 rings (SSSR count). The van der Waals surface area contributed by atoms with Crippen LogP contribution in [0.25, 0.3) is 12.2 Å². The first-order valence-electron chi connectivity index (χ1n) is 3.14. The average Bonchev–Trinajstić information content (AvgIpc) is 2.74. The second-order valence-corrected chi connectivity index (χ2v) is 2.43. The SMILES string of the molecule is C(=Cc1ncn[nH]1)c1nnsn1. The van der Waals surface area contributed by atoms with Gasteiger partial charge in [0, 0.05) is 0 Å². The largest absolute Gasteiger partial charge is 0.260 e. The van der Waals surface area contributed by atoms with Crippen LogP contribution in [0, 0.1) is 0 Å². The van der Waals surface area contributed by atoms with E-state index in [0.717, 1.165) is 11.7 Å². The molecule has 0 unspecified atom stereocenters. The molecule has 0 spiro atoms. The van der Waals surface area contributed by atoms with Crippen molar-refractivity contribution >= 4 is 23.9 Å². The molecular formula is C5H4N6S. The number of aromatic amines is 1. The molecule has 2 aromatic heterocycles. The van der Waals surface area contributed by atoms with E-state index in [1.807, 2.05) is 0 Å². The quantitative estimate of drug-likeness (QED) is 0.715. The molecule has 0 radical (unpaired) electrons. The summed E-state index contributed by atoms with van der Waals surface area (Å²) >= 11 is 1.07. The number of H-pyrrole nitrogens is 1. The van der Waals surface area contributed by atoms with Gasteiger partial charge in [-0.15, -0.1) is 5.10 Å². The Hall–Kier alpha value is -1.63. The highest BCUT2D eigenvalue weighted by atomic mass is 32.1. The van der Waals surface area contributed by atoms with Crippen LogP contribution >= 0.6 is 11.7 Å². The first-order valence-corrected chi connectivity index (χ1v) is 3.87. The highest BCUT2D eigenvalue weighted by Gasteiger charge is 1.91. The van der Waals surface area contributed by atoms with Crippen LogP contribution < -0.4 is 0 Å². The van der Waals surface area contributed by atoms with Crippen LogP contribution in [0.2, 0.25) is 0 Å². The molecule has 12 heavy (non-hydrogen) atoms. The summed E-state index contributed by atoms with van der Waals surface area (Å²) in [5.41, 5.74) is 0. The number of nitrogens with zero attached hydrogens (tertiary/aromatic N) is 5. The Morgan fingerprint density at radius 1 is 1.42 bits per heavy atom. The Morgan fingerprint density at radius 3 is 3.08 bits per heavy atom. The van der Waals surface area contributed by atoms with Crippen LogP contribution in [-0.4, -0.2) is 29.1 Å². The molecule has 0 aliphatic heterocycles. The van der Waals surface area contributed by atoms with E-state index in [4.69, 9.17) is 0 Å². The van der Waals surface area contributed by atoms with Crippen LogP contribution in [0.3, 0.4) is 0 Å². The van der Waals surface area contributed by atoms with E-state index in [1.54, 1.807) is 12.2 Å². The lowest BCUT2D eigenvalue weighted by molar-refractivity contribution is 1.08. The van der Waals surface area contributed by atoms with E-state index >= 15 is 0 Å². The van der Waals surface area contributed by atoms with Crippen molar-refractivity contribution in [2.45, 2.75) is 0 Å². The summed E-state index contributed by atoms with van der Waals surface area (Å²) in [6, 6.07) is 0. The zero-order chi connectivity index (χ0) is 8.23. The molecule has 0 aliphatic rings. The molecule has 0 saturated heterocycles. The molecular weight excluding hydrogens is 176 g/mol. The molecule has 0 fully saturated rings. The van der Waals surface area contributed by atoms with Gasteiger partial charge in [-0.3, -0.25) is 5.10 Å². The molecule has 6 nitrogen and oxygen atoms in total. The van der Waals surface area contributed by atoms with Crippen LogP contribution in [0.4, 0.5) is 0 Å². The molecule has 0 aromatic carbocycles. The van der Waals surface area contributed by atoms with Crippen LogP contribution in [0.15, 0.2) is 6.33 Å². The monoisotopic (exact) mass is 180 g/mol. The van der Waals surface area contributed by atoms with E-state index in [-0.39, 0.29) is 0 Å². The van der Waals surface area contributed by atoms with E-state index in [1.165, 1.54) is 6.33 Å². The third-order valence-electron chi connectivity index (χ3n) is 1.14. The Bertz CT molecular complexity index is 313. The fourth-order valence-corrected chi connectivity index (χ4v) is 0.989. The normalized spacial score (nSPS) is 11.0. The molecule has 0 saturated carbocycles. The first kappa shape index (κ1) is 7.04. The zero-order valence-corrected chi connectivity index (χ0v) is 6.69. The predicted molar refractivity (Wildman–Crippen MR) is 43.0 cm³/mol. The molecule has 0 bridgehead atoms. The molecule has 1 N–H and O–H groups in total. The number of rotatable bonds is 2. The number of hydrogen-bond donors (Lipinski definition) is 1. The standard InChI is InChI=1S/C5H4N6S/c1(4-6-3-7-8-4)2-5-9-11-12-10-5/h1-3H,(H,6,7,8). The Morgan fingerprint density at radius 2 is 2.42 bits per heavy atom. The minimum Gasteiger partial charge on any atom is -0.260 e. The van der Waals surface area contributed by atoms with Crippen molar-refractivity contribution in [3.63, 3.8) is 0 Å². The maximum atomic E-state index is 3.89. The fourth-order valence-electron chi connectivity index (χ4n) is 0.651. The lowest BCUT2D eigenvalue weighted by Crippen LogP contribution is -1.77. The second-order valence-electron chi connectivity index (χ2n) is 1.92. The molecule has 0 amide bonds. The number of nitrogens with one attached hydrogen (secondary N) is 1. The van der Waals surface area contributed by atoms with Gasteiger partial charge in [-0.05, 0) is 12.2 Å². The molecule has 7 heteroatoms. The van der Waals surface area contributed by atoms with E-state index < -0.39 is 0 Å². The number of aromatic nitrogens is 6. The van der Waals surface area contributed by atoms with Gasteiger partial charge in [-0.25, -0.2) is 4.98 Å². The van der Waals surface area contributed by atoms with Crippen LogP contribution in [-0.2, 0) is 0 Å². The smallest absolute Gasteiger partial charge is 0.189 e. The van der Waals surface area contributed by atoms with Crippen molar-refractivity contribution in [2.75, 3.05) is 0 Å². The summed E-state index contributed by atoms with van der Waals surface area (Å²) < 4.78 is 7.49. The van der Waals surface area contributed by atoms with Gasteiger partial charge >= 0.3 is 0 Å². The second kappa shape index (κ2) is 3.18. The van der Waals surface area contributed by atoms with Crippen molar-refractivity contribution in [2.24, 2.45) is 0 Å².